The molecule has 2 unspecified atom stereocenters. The van der Waals surface area contributed by atoms with Gasteiger partial charge in [-0.3, -0.25) is 4.98 Å². The van der Waals surface area contributed by atoms with E-state index in [0.717, 1.165) is 0 Å². The third kappa shape index (κ3) is 2.84. The van der Waals surface area contributed by atoms with Crippen molar-refractivity contribution in [3.05, 3.63) is 47.6 Å². The molecule has 2 aromatic heterocycles. The first kappa shape index (κ1) is 11.6. The number of hydrogen-bond acceptors (Lipinski definition) is 4. The Morgan fingerprint density at radius 2 is 2.25 bits per heavy atom. The number of hydrogen-bond donors (Lipinski definition) is 1. The molecule has 2 nitrogen and oxygen atoms in total. The summed E-state index contributed by atoms with van der Waals surface area (Å²) in [6.45, 7) is 2.04. The lowest BCUT2D eigenvalue weighted by Gasteiger charge is -2.19. The Bertz CT molecular complexity index is 412. The predicted octanol–water partition coefficient (Wildman–Crippen LogP) is 3.32. The van der Waals surface area contributed by atoms with E-state index < -0.39 is 0 Å². The Balaban J connectivity index is 2.18. The lowest BCUT2D eigenvalue weighted by molar-refractivity contribution is 0.719. The molecule has 16 heavy (non-hydrogen) atoms. The van der Waals surface area contributed by atoms with Gasteiger partial charge in [0.2, 0.25) is 0 Å². The van der Waals surface area contributed by atoms with Gasteiger partial charge in [-0.2, -0.15) is 0 Å². The number of nitrogens with two attached hydrogens (primary N) is 1. The molecule has 2 N–H and O–H groups in total. The third-order valence-electron chi connectivity index (χ3n) is 2.23. The van der Waals surface area contributed by atoms with Crippen molar-refractivity contribution in [2.24, 2.45) is 5.73 Å². The van der Waals surface area contributed by atoms with E-state index >= 15 is 0 Å². The second-order valence-electron chi connectivity index (χ2n) is 3.62. The molecule has 2 rings (SSSR count). The number of thioether (sulfide) groups is 1. The number of thiophene rings is 1. The highest BCUT2D eigenvalue weighted by molar-refractivity contribution is 8.01. The third-order valence-corrected chi connectivity index (χ3v) is 4.79. The lowest BCUT2D eigenvalue weighted by atomic mass is 10.1. The van der Waals surface area contributed by atoms with Crippen molar-refractivity contribution in [1.82, 2.24) is 4.98 Å². The van der Waals surface area contributed by atoms with E-state index in [1.807, 2.05) is 30.9 Å². The Labute approximate surface area is 104 Å². The molecule has 0 aliphatic rings. The largest absolute Gasteiger partial charge is 0.327 e. The molecule has 0 aromatic carbocycles. The zero-order chi connectivity index (χ0) is 11.4. The van der Waals surface area contributed by atoms with Gasteiger partial charge in [-0.25, -0.2) is 0 Å². The van der Waals surface area contributed by atoms with Gasteiger partial charge in [0.1, 0.15) is 0 Å². The maximum Gasteiger partial charge on any atom is 0.0605 e. The van der Waals surface area contributed by atoms with Crippen molar-refractivity contribution in [2.75, 3.05) is 0 Å². The Morgan fingerprint density at radius 1 is 1.38 bits per heavy atom. The summed E-state index contributed by atoms with van der Waals surface area (Å²) in [7, 11) is 0. The molecule has 0 spiro atoms. The SMILES string of the molecule is CC(N)C(Sc1cccs1)c1cccnc1. The van der Waals surface area contributed by atoms with Gasteiger partial charge >= 0.3 is 0 Å². The average molecular weight is 250 g/mol. The fourth-order valence-corrected chi connectivity index (χ4v) is 3.52. The minimum absolute atomic E-state index is 0.108. The standard InChI is InChI=1S/C12H14N2S2/c1-9(13)12(10-4-2-6-14-8-10)16-11-5-3-7-15-11/h2-9,12H,13H2,1H3. The second kappa shape index (κ2) is 5.48. The monoisotopic (exact) mass is 250 g/mol. The molecule has 0 radical (unpaired) electrons. The van der Waals surface area contributed by atoms with Gasteiger partial charge in [0.05, 0.1) is 9.46 Å². The van der Waals surface area contributed by atoms with Crippen LogP contribution in [0.25, 0.3) is 0 Å². The molecule has 0 bridgehead atoms. The minimum Gasteiger partial charge on any atom is -0.327 e. The predicted molar refractivity (Wildman–Crippen MR) is 70.8 cm³/mol. The van der Waals surface area contributed by atoms with E-state index in [9.17, 15) is 0 Å². The van der Waals surface area contributed by atoms with E-state index in [0.29, 0.717) is 0 Å². The lowest BCUT2D eigenvalue weighted by Crippen LogP contribution is -2.22. The smallest absolute Gasteiger partial charge is 0.0605 e. The van der Waals surface area contributed by atoms with Gasteiger partial charge in [-0.1, -0.05) is 12.1 Å². The van der Waals surface area contributed by atoms with Crippen LogP contribution in [-0.2, 0) is 0 Å². The fourth-order valence-electron chi connectivity index (χ4n) is 1.48. The maximum absolute atomic E-state index is 6.04. The first-order valence-electron chi connectivity index (χ1n) is 5.13. The van der Waals surface area contributed by atoms with Crippen molar-refractivity contribution >= 4 is 23.1 Å². The van der Waals surface area contributed by atoms with E-state index in [4.69, 9.17) is 5.73 Å². The Hall–Kier alpha value is -0.840. The van der Waals surface area contributed by atoms with E-state index in [2.05, 4.69) is 28.6 Å². The average Bonchev–Trinajstić information content (AvgIpc) is 2.79. The fraction of sp³-hybridized carbons (Fsp3) is 0.250. The minimum atomic E-state index is 0.108. The van der Waals surface area contributed by atoms with Crippen LogP contribution in [0.3, 0.4) is 0 Å². The van der Waals surface area contributed by atoms with E-state index in [1.54, 1.807) is 17.5 Å². The van der Waals surface area contributed by atoms with Crippen molar-refractivity contribution in [3.8, 4) is 0 Å². The Kier molecular flexibility index (Phi) is 3.98. The van der Waals surface area contributed by atoms with Crippen molar-refractivity contribution in [3.63, 3.8) is 0 Å². The highest BCUT2D eigenvalue weighted by atomic mass is 32.2. The van der Waals surface area contributed by atoms with Crippen LogP contribution in [0.2, 0.25) is 0 Å². The molecule has 0 aliphatic carbocycles. The quantitative estimate of drug-likeness (QED) is 0.846. The van der Waals surface area contributed by atoms with E-state index in [-0.39, 0.29) is 11.3 Å². The molecule has 0 amide bonds. The van der Waals surface area contributed by atoms with Crippen LogP contribution in [0.5, 0.6) is 0 Å². The van der Waals surface area contributed by atoms with Gasteiger partial charge in [-0.15, -0.1) is 23.1 Å². The van der Waals surface area contributed by atoms with Crippen LogP contribution < -0.4 is 5.73 Å². The van der Waals surface area contributed by atoms with Crippen LogP contribution in [-0.4, -0.2) is 11.0 Å². The van der Waals surface area contributed by atoms with E-state index in [1.165, 1.54) is 9.77 Å². The Morgan fingerprint density at radius 3 is 2.81 bits per heavy atom. The molecule has 4 heteroatoms. The molecule has 0 fully saturated rings. The van der Waals surface area contributed by atoms with Crippen LogP contribution in [0.15, 0.2) is 46.2 Å². The van der Waals surface area contributed by atoms with Crippen LogP contribution in [0.1, 0.15) is 17.7 Å². The summed E-state index contributed by atoms with van der Waals surface area (Å²) in [5, 5.41) is 2.36. The molecule has 2 aromatic rings. The van der Waals surface area contributed by atoms with Crippen LogP contribution in [0.4, 0.5) is 0 Å². The highest BCUT2D eigenvalue weighted by Crippen LogP contribution is 2.38. The molecule has 0 saturated carbocycles. The summed E-state index contributed by atoms with van der Waals surface area (Å²) in [4.78, 5) is 4.15. The topological polar surface area (TPSA) is 38.9 Å². The van der Waals surface area contributed by atoms with Crippen molar-refractivity contribution in [1.29, 1.82) is 0 Å². The molecular formula is C12H14N2S2. The molecule has 84 valence electrons. The summed E-state index contributed by atoms with van der Waals surface area (Å²) >= 11 is 3.56. The van der Waals surface area contributed by atoms with Gasteiger partial charge in [0.15, 0.2) is 0 Å². The summed E-state index contributed by atoms with van der Waals surface area (Å²) < 4.78 is 1.30. The van der Waals surface area contributed by atoms with Crippen molar-refractivity contribution < 1.29 is 0 Å². The van der Waals surface area contributed by atoms with Gasteiger partial charge in [-0.05, 0) is 30.0 Å². The van der Waals surface area contributed by atoms with Gasteiger partial charge in [0, 0.05) is 18.4 Å². The molecule has 2 heterocycles. The zero-order valence-electron chi connectivity index (χ0n) is 9.04. The highest BCUT2D eigenvalue weighted by Gasteiger charge is 2.18. The second-order valence-corrected chi connectivity index (χ2v) is 6.01. The van der Waals surface area contributed by atoms with Gasteiger partial charge in [0.25, 0.3) is 0 Å². The zero-order valence-corrected chi connectivity index (χ0v) is 10.7. The number of aromatic nitrogens is 1. The molecule has 0 aliphatic heterocycles. The summed E-state index contributed by atoms with van der Waals surface area (Å²) in [5.74, 6) is 0. The van der Waals surface area contributed by atoms with Crippen molar-refractivity contribution in [2.45, 2.75) is 22.4 Å². The molecular weight excluding hydrogens is 236 g/mol. The maximum atomic E-state index is 6.04. The normalized spacial score (nSPS) is 14.6. The number of pyridine rings is 1. The first-order valence-corrected chi connectivity index (χ1v) is 6.89. The number of nitrogens with zero attached hydrogens (tertiary/aromatic N) is 1. The summed E-state index contributed by atoms with van der Waals surface area (Å²) in [6.07, 6.45) is 3.69. The molecule has 0 saturated heterocycles. The summed E-state index contributed by atoms with van der Waals surface area (Å²) in [5.41, 5.74) is 7.23. The number of rotatable bonds is 4. The first-order chi connectivity index (χ1) is 7.77. The summed E-state index contributed by atoms with van der Waals surface area (Å²) in [6, 6.07) is 8.34. The molecule has 2 atom stereocenters. The van der Waals surface area contributed by atoms with Crippen LogP contribution >= 0.6 is 23.1 Å². The van der Waals surface area contributed by atoms with Crippen LogP contribution in [0, 0.1) is 0 Å². The van der Waals surface area contributed by atoms with Gasteiger partial charge < -0.3 is 5.73 Å².